The smallest absolute Gasteiger partial charge is 0.408 e. The fourth-order valence-electron chi connectivity index (χ4n) is 4.60. The van der Waals surface area contributed by atoms with Crippen molar-refractivity contribution < 1.29 is 18.6 Å². The molecule has 10 nitrogen and oxygen atoms in total. The van der Waals surface area contributed by atoms with Crippen molar-refractivity contribution in [3.05, 3.63) is 74.4 Å². The van der Waals surface area contributed by atoms with Gasteiger partial charge in [0.2, 0.25) is 0 Å². The third-order valence-electron chi connectivity index (χ3n) is 6.79. The summed E-state index contributed by atoms with van der Waals surface area (Å²) >= 11 is 3.15. The molecular formula is C30H40N8O2S2. The Morgan fingerprint density at radius 1 is 0.667 bits per heavy atom. The highest BCUT2D eigenvalue weighted by atomic mass is 32.1. The molecule has 0 spiro atoms. The molecule has 42 heavy (non-hydrogen) atoms. The Kier molecular flexibility index (Phi) is 11.9. The molecule has 0 unspecified atom stereocenters. The van der Waals surface area contributed by atoms with Crippen LogP contribution in [0.25, 0.3) is 0 Å². The summed E-state index contributed by atoms with van der Waals surface area (Å²) in [6, 6.07) is 12.0. The van der Waals surface area contributed by atoms with Crippen molar-refractivity contribution in [3.63, 3.8) is 0 Å². The highest BCUT2D eigenvalue weighted by Gasteiger charge is 2.23. The van der Waals surface area contributed by atoms with Crippen molar-refractivity contribution in [2.75, 3.05) is 50.2 Å². The van der Waals surface area contributed by atoms with Gasteiger partial charge >= 0.3 is 10.3 Å². The lowest BCUT2D eigenvalue weighted by Crippen LogP contribution is -2.46. The number of hydrogen-bond donors (Lipinski definition) is 0. The Morgan fingerprint density at radius 2 is 1.07 bits per heavy atom. The fourth-order valence-corrected chi connectivity index (χ4v) is 6.09. The second kappa shape index (κ2) is 15.4. The molecule has 0 saturated carbocycles. The second-order valence-corrected chi connectivity index (χ2v) is 10.8. The summed E-state index contributed by atoms with van der Waals surface area (Å²) in [5.74, 6) is 1.59. The van der Waals surface area contributed by atoms with Crippen LogP contribution < -0.4 is 28.4 Å². The largest absolute Gasteiger partial charge is 0.495 e. The molecule has 4 aromatic rings. The number of anilines is 2. The van der Waals surface area contributed by atoms with E-state index in [0.29, 0.717) is 0 Å². The Balaban J connectivity index is 0.00000242. The molecule has 2 aromatic heterocycles. The average molecular weight is 609 g/mol. The number of benzene rings is 2. The van der Waals surface area contributed by atoms with Gasteiger partial charge in [-0.25, -0.2) is 9.13 Å². The van der Waals surface area contributed by atoms with E-state index < -0.39 is 0 Å². The van der Waals surface area contributed by atoms with Gasteiger partial charge in [0, 0.05) is 49.1 Å². The Morgan fingerprint density at radius 3 is 1.43 bits per heavy atom. The minimum absolute atomic E-state index is 0. The van der Waals surface area contributed by atoms with Gasteiger partial charge in [0.05, 0.1) is 48.9 Å². The van der Waals surface area contributed by atoms with E-state index in [-0.39, 0.29) is 14.9 Å². The highest BCUT2D eigenvalue weighted by Crippen LogP contribution is 2.37. The maximum atomic E-state index is 5.75. The lowest BCUT2D eigenvalue weighted by molar-refractivity contribution is -0.677. The van der Waals surface area contributed by atoms with Crippen LogP contribution in [0.4, 0.5) is 33.0 Å². The van der Waals surface area contributed by atoms with Crippen LogP contribution in [-0.4, -0.2) is 40.4 Å². The fraction of sp³-hybridized carbons (Fsp3) is 0.333. The standard InChI is InChI=1S/C28H34N8O2S2.2CH3/c1-5-33-15-17-39-27(33)31-29-21-7-9-23(25(19-21)37-3)35-11-13-36(14-12-35)24-10-8-22(20-26(24)38-4)30-32-28-34(6-2)16-18-40-28;;/h7-10,15-20H,5-6,11-14H2,1-4H3;2*1H3/q+2;2*-1. The first-order valence-electron chi connectivity index (χ1n) is 13.3. The number of rotatable bonds is 10. The molecule has 3 heterocycles. The summed E-state index contributed by atoms with van der Waals surface area (Å²) in [5, 5.41) is 23.5. The first kappa shape index (κ1) is 32.6. The number of methoxy groups -OCH3 is 2. The maximum absolute atomic E-state index is 5.75. The summed E-state index contributed by atoms with van der Waals surface area (Å²) < 4.78 is 15.6. The minimum atomic E-state index is 0. The van der Waals surface area contributed by atoms with Gasteiger partial charge < -0.3 is 34.1 Å². The number of aromatic nitrogens is 2. The number of azo groups is 2. The first-order chi connectivity index (χ1) is 19.6. The molecule has 1 aliphatic heterocycles. The molecule has 1 fully saturated rings. The van der Waals surface area contributed by atoms with Gasteiger partial charge in [-0.15, -0.1) is 0 Å². The van der Waals surface area contributed by atoms with Gasteiger partial charge in [-0.3, -0.25) is 0 Å². The Bertz CT molecular complexity index is 1380. The maximum Gasteiger partial charge on any atom is 0.408 e. The molecule has 0 atom stereocenters. The van der Waals surface area contributed by atoms with Crippen LogP contribution >= 0.6 is 22.7 Å². The third-order valence-corrected chi connectivity index (χ3v) is 8.36. The predicted molar refractivity (Wildman–Crippen MR) is 172 cm³/mol. The minimum Gasteiger partial charge on any atom is -0.495 e. The molecule has 0 amide bonds. The van der Waals surface area contributed by atoms with Crippen molar-refractivity contribution in [3.8, 4) is 11.5 Å². The van der Waals surface area contributed by atoms with Crippen LogP contribution in [0.1, 0.15) is 13.8 Å². The monoisotopic (exact) mass is 608 g/mol. The van der Waals surface area contributed by atoms with E-state index in [0.717, 1.165) is 83.8 Å². The van der Waals surface area contributed by atoms with E-state index in [4.69, 9.17) is 9.47 Å². The zero-order chi connectivity index (χ0) is 27.9. The van der Waals surface area contributed by atoms with E-state index >= 15 is 0 Å². The molecular weight excluding hydrogens is 569 g/mol. The van der Waals surface area contributed by atoms with Gasteiger partial charge in [-0.1, -0.05) is 0 Å². The van der Waals surface area contributed by atoms with Crippen LogP contribution in [0.5, 0.6) is 11.5 Å². The number of ether oxygens (including phenoxy) is 2. The zero-order valence-electron chi connectivity index (χ0n) is 25.2. The first-order valence-corrected chi connectivity index (χ1v) is 15.0. The Labute approximate surface area is 257 Å². The van der Waals surface area contributed by atoms with Crippen LogP contribution in [-0.2, 0) is 13.1 Å². The molecule has 0 N–H and O–H groups in total. The molecule has 1 saturated heterocycles. The lowest BCUT2D eigenvalue weighted by atomic mass is 10.2. The van der Waals surface area contributed by atoms with Crippen LogP contribution in [0.3, 0.4) is 0 Å². The molecule has 0 radical (unpaired) electrons. The third kappa shape index (κ3) is 7.29. The molecule has 1 aliphatic rings. The number of piperazine rings is 1. The molecule has 0 bridgehead atoms. The van der Waals surface area contributed by atoms with Crippen molar-refractivity contribution in [2.24, 2.45) is 20.5 Å². The topological polar surface area (TPSA) is 82.1 Å². The van der Waals surface area contributed by atoms with Crippen LogP contribution in [0, 0.1) is 14.9 Å². The number of hydrogen-bond acceptors (Lipinski definition) is 10. The Hall–Kier alpha value is -3.90. The predicted octanol–water partition coefficient (Wildman–Crippen LogP) is 7.50. The number of aryl methyl sites for hydroxylation is 2. The van der Waals surface area contributed by atoms with Gasteiger partial charge in [-0.05, 0) is 71.0 Å². The molecule has 2 aromatic carbocycles. The summed E-state index contributed by atoms with van der Waals surface area (Å²) in [6.07, 6.45) is 4.04. The number of thiazole rings is 2. The summed E-state index contributed by atoms with van der Waals surface area (Å²) in [6.45, 7) is 9.31. The van der Waals surface area contributed by atoms with Crippen molar-refractivity contribution in [1.29, 1.82) is 0 Å². The molecule has 12 heteroatoms. The van der Waals surface area contributed by atoms with E-state index in [1.54, 1.807) is 36.9 Å². The van der Waals surface area contributed by atoms with Gasteiger partial charge in [-0.2, -0.15) is 0 Å². The molecule has 224 valence electrons. The summed E-state index contributed by atoms with van der Waals surface area (Å²) in [5.41, 5.74) is 3.64. The van der Waals surface area contributed by atoms with Gasteiger partial charge in [0.1, 0.15) is 35.3 Å². The van der Waals surface area contributed by atoms with E-state index in [1.165, 1.54) is 0 Å². The van der Waals surface area contributed by atoms with Crippen molar-refractivity contribution in [1.82, 2.24) is 0 Å². The average Bonchev–Trinajstić information content (AvgIpc) is 3.67. The van der Waals surface area contributed by atoms with E-state index in [1.807, 2.05) is 47.4 Å². The normalized spacial score (nSPS) is 13.3. The lowest BCUT2D eigenvalue weighted by Gasteiger charge is -2.38. The van der Waals surface area contributed by atoms with Crippen molar-refractivity contribution in [2.45, 2.75) is 26.9 Å². The summed E-state index contributed by atoms with van der Waals surface area (Å²) in [4.78, 5) is 4.69. The van der Waals surface area contributed by atoms with Gasteiger partial charge in [0.25, 0.3) is 0 Å². The van der Waals surface area contributed by atoms with E-state index in [2.05, 4.69) is 65.4 Å². The quantitative estimate of drug-likeness (QED) is 0.106. The van der Waals surface area contributed by atoms with Crippen LogP contribution in [0.2, 0.25) is 0 Å². The second-order valence-electron chi connectivity index (χ2n) is 9.03. The van der Waals surface area contributed by atoms with Gasteiger partial charge in [0.15, 0.2) is 0 Å². The van der Waals surface area contributed by atoms with Crippen molar-refractivity contribution >= 4 is 55.7 Å². The zero-order valence-corrected chi connectivity index (χ0v) is 26.9. The molecule has 5 rings (SSSR count). The number of nitrogens with zero attached hydrogens (tertiary/aromatic N) is 8. The summed E-state index contributed by atoms with van der Waals surface area (Å²) in [7, 11) is 3.40. The SMILES string of the molecule is CC[n+]1ccsc1N=Nc1ccc(N2CCN(c3ccc(N=Nc4scc[n+]4CC)cc3OC)CC2)c(OC)c1.[CH3-].[CH3-]. The van der Waals surface area contributed by atoms with Crippen LogP contribution in [0.15, 0.2) is 80.0 Å². The van der Waals surface area contributed by atoms with E-state index in [9.17, 15) is 0 Å². The highest BCUT2D eigenvalue weighted by molar-refractivity contribution is 7.13. The molecule has 0 aliphatic carbocycles.